The average Bonchev–Trinajstić information content (AvgIpc) is 2.43. The summed E-state index contributed by atoms with van der Waals surface area (Å²) < 4.78 is 13.5. The van der Waals surface area contributed by atoms with E-state index < -0.39 is 0 Å². The number of nitrogens with zero attached hydrogens (tertiary/aromatic N) is 2. The van der Waals surface area contributed by atoms with Crippen LogP contribution in [0.5, 0.6) is 0 Å². The zero-order valence-corrected chi connectivity index (χ0v) is 12.9. The second-order valence-electron chi connectivity index (χ2n) is 4.28. The maximum Gasteiger partial charge on any atom is 0.257 e. The van der Waals surface area contributed by atoms with Gasteiger partial charge in [0.25, 0.3) is 5.91 Å². The summed E-state index contributed by atoms with van der Waals surface area (Å²) in [5, 5.41) is 0.157. The molecule has 1 aromatic heterocycles. The molecule has 0 radical (unpaired) electrons. The molecule has 0 bridgehead atoms. The summed E-state index contributed by atoms with van der Waals surface area (Å²) in [4.78, 5) is 17.7. The molecule has 1 aromatic carbocycles. The molecule has 6 heteroatoms. The third kappa shape index (κ3) is 3.55. The third-order valence-electron chi connectivity index (χ3n) is 2.72. The summed E-state index contributed by atoms with van der Waals surface area (Å²) in [5.41, 5.74) is 1.16. The Kier molecular flexibility index (Phi) is 4.73. The van der Waals surface area contributed by atoms with Crippen LogP contribution in [0.1, 0.15) is 15.9 Å². The normalized spacial score (nSPS) is 10.4. The highest BCUT2D eigenvalue weighted by atomic mass is 79.9. The first-order valence-electron chi connectivity index (χ1n) is 5.78. The van der Waals surface area contributed by atoms with Crippen molar-refractivity contribution < 1.29 is 9.18 Å². The van der Waals surface area contributed by atoms with E-state index in [9.17, 15) is 9.18 Å². The van der Waals surface area contributed by atoms with E-state index in [0.717, 1.165) is 5.56 Å². The topological polar surface area (TPSA) is 33.2 Å². The summed E-state index contributed by atoms with van der Waals surface area (Å²) in [6.07, 6.45) is 1.53. The Bertz CT molecular complexity index is 634. The molecule has 3 nitrogen and oxygen atoms in total. The number of hydrogen-bond acceptors (Lipinski definition) is 2. The van der Waals surface area contributed by atoms with E-state index in [0.29, 0.717) is 16.6 Å². The van der Waals surface area contributed by atoms with Crippen molar-refractivity contribution in [3.63, 3.8) is 0 Å². The fourth-order valence-electron chi connectivity index (χ4n) is 1.71. The quantitative estimate of drug-likeness (QED) is 0.780. The Labute approximate surface area is 129 Å². The van der Waals surface area contributed by atoms with Crippen LogP contribution >= 0.6 is 27.5 Å². The van der Waals surface area contributed by atoms with Crippen molar-refractivity contribution >= 4 is 33.4 Å². The molecule has 0 aliphatic rings. The van der Waals surface area contributed by atoms with Gasteiger partial charge in [0, 0.05) is 24.3 Å². The second kappa shape index (κ2) is 6.33. The number of pyridine rings is 1. The van der Waals surface area contributed by atoms with Crippen LogP contribution in [0.15, 0.2) is 41.0 Å². The summed E-state index contributed by atoms with van der Waals surface area (Å²) >= 11 is 9.18. The van der Waals surface area contributed by atoms with Crippen LogP contribution < -0.4 is 0 Å². The summed E-state index contributed by atoms with van der Waals surface area (Å²) in [6.45, 7) is 0.363. The van der Waals surface area contributed by atoms with Crippen LogP contribution in [0.25, 0.3) is 0 Å². The minimum Gasteiger partial charge on any atom is -0.337 e. The molecule has 0 saturated carbocycles. The van der Waals surface area contributed by atoms with Crippen molar-refractivity contribution in [1.29, 1.82) is 0 Å². The Hall–Kier alpha value is -1.46. The average molecular weight is 358 g/mol. The highest BCUT2D eigenvalue weighted by molar-refractivity contribution is 9.10. The number of rotatable bonds is 3. The summed E-state index contributed by atoms with van der Waals surface area (Å²) in [5.74, 6) is -0.546. The van der Waals surface area contributed by atoms with E-state index in [1.54, 1.807) is 25.2 Å². The zero-order valence-electron chi connectivity index (χ0n) is 10.6. The van der Waals surface area contributed by atoms with Gasteiger partial charge >= 0.3 is 0 Å². The van der Waals surface area contributed by atoms with Crippen LogP contribution in [-0.2, 0) is 6.54 Å². The first kappa shape index (κ1) is 14.9. The number of carbonyl (C=O) groups is 1. The number of hydrogen-bond donors (Lipinski definition) is 0. The largest absolute Gasteiger partial charge is 0.337 e. The Morgan fingerprint density at radius 2 is 2.05 bits per heavy atom. The molecule has 0 atom stereocenters. The Balaban J connectivity index is 2.16. The maximum absolute atomic E-state index is 12.8. The lowest BCUT2D eigenvalue weighted by atomic mass is 10.2. The maximum atomic E-state index is 12.8. The molecule has 2 aromatic rings. The number of amides is 1. The van der Waals surface area contributed by atoms with Gasteiger partial charge in [-0.05, 0) is 39.7 Å². The van der Waals surface area contributed by atoms with E-state index >= 15 is 0 Å². The smallest absolute Gasteiger partial charge is 0.257 e. The minimum atomic E-state index is -0.304. The fourth-order valence-corrected chi connectivity index (χ4v) is 2.23. The van der Waals surface area contributed by atoms with Crippen LogP contribution in [0, 0.1) is 5.82 Å². The molecule has 0 N–H and O–H groups in total. The predicted molar refractivity (Wildman–Crippen MR) is 79.1 cm³/mol. The first-order valence-corrected chi connectivity index (χ1v) is 6.95. The van der Waals surface area contributed by atoms with Gasteiger partial charge in [-0.2, -0.15) is 0 Å². The minimum absolute atomic E-state index is 0.157. The van der Waals surface area contributed by atoms with Gasteiger partial charge in [-0.25, -0.2) is 9.37 Å². The molecule has 20 heavy (non-hydrogen) atoms. The van der Waals surface area contributed by atoms with Gasteiger partial charge < -0.3 is 4.90 Å². The first-order chi connectivity index (χ1) is 9.47. The lowest BCUT2D eigenvalue weighted by molar-refractivity contribution is 0.0785. The molecule has 1 heterocycles. The molecule has 0 unspecified atom stereocenters. The van der Waals surface area contributed by atoms with Crippen molar-refractivity contribution in [2.75, 3.05) is 7.05 Å². The molecule has 104 valence electrons. The highest BCUT2D eigenvalue weighted by Gasteiger charge is 2.16. The Morgan fingerprint density at radius 3 is 2.70 bits per heavy atom. The predicted octanol–water partition coefficient (Wildman–Crippen LogP) is 3.91. The van der Waals surface area contributed by atoms with Gasteiger partial charge in [-0.1, -0.05) is 23.7 Å². The van der Waals surface area contributed by atoms with E-state index in [1.807, 2.05) is 0 Å². The van der Waals surface area contributed by atoms with Crippen molar-refractivity contribution in [1.82, 2.24) is 9.88 Å². The van der Waals surface area contributed by atoms with E-state index in [2.05, 4.69) is 20.9 Å². The monoisotopic (exact) mass is 356 g/mol. The zero-order chi connectivity index (χ0) is 14.7. The fraction of sp³-hybridized carbons (Fsp3) is 0.143. The molecular weight excluding hydrogens is 347 g/mol. The SMILES string of the molecule is CN(Cc1ccc(F)cc1)C(=O)c1cc(Br)cnc1Cl. The highest BCUT2D eigenvalue weighted by Crippen LogP contribution is 2.20. The number of aromatic nitrogens is 1. The molecule has 1 amide bonds. The molecular formula is C14H11BrClFN2O. The van der Waals surface area contributed by atoms with Crippen molar-refractivity contribution in [3.8, 4) is 0 Å². The van der Waals surface area contributed by atoms with E-state index in [4.69, 9.17) is 11.6 Å². The Morgan fingerprint density at radius 1 is 1.40 bits per heavy atom. The standard InChI is InChI=1S/C14H11BrClFN2O/c1-19(8-9-2-4-11(17)5-3-9)14(20)12-6-10(15)7-18-13(12)16/h2-7H,8H2,1H3. The van der Waals surface area contributed by atoms with Gasteiger partial charge in [0.1, 0.15) is 11.0 Å². The van der Waals surface area contributed by atoms with Gasteiger partial charge in [-0.15, -0.1) is 0 Å². The van der Waals surface area contributed by atoms with Crippen LogP contribution in [0.3, 0.4) is 0 Å². The number of halogens is 3. The second-order valence-corrected chi connectivity index (χ2v) is 5.55. The van der Waals surface area contributed by atoms with E-state index in [1.165, 1.54) is 23.2 Å². The number of carbonyl (C=O) groups excluding carboxylic acids is 1. The number of benzene rings is 1. The third-order valence-corrected chi connectivity index (χ3v) is 3.45. The van der Waals surface area contributed by atoms with Crippen molar-refractivity contribution in [2.24, 2.45) is 0 Å². The molecule has 0 saturated heterocycles. The van der Waals surface area contributed by atoms with Gasteiger partial charge in [0.15, 0.2) is 0 Å². The van der Waals surface area contributed by atoms with Crippen molar-refractivity contribution in [2.45, 2.75) is 6.54 Å². The van der Waals surface area contributed by atoms with Crippen LogP contribution in [0.2, 0.25) is 5.15 Å². The summed E-state index contributed by atoms with van der Waals surface area (Å²) in [6, 6.07) is 7.63. The lowest BCUT2D eigenvalue weighted by Crippen LogP contribution is -2.26. The molecule has 0 spiro atoms. The van der Waals surface area contributed by atoms with E-state index in [-0.39, 0.29) is 16.9 Å². The molecule has 2 rings (SSSR count). The van der Waals surface area contributed by atoms with Gasteiger partial charge in [0.05, 0.1) is 5.56 Å². The summed E-state index contributed by atoms with van der Waals surface area (Å²) in [7, 11) is 1.66. The molecule has 0 fully saturated rings. The van der Waals surface area contributed by atoms with Crippen LogP contribution in [0.4, 0.5) is 4.39 Å². The molecule has 0 aliphatic heterocycles. The lowest BCUT2D eigenvalue weighted by Gasteiger charge is -2.18. The molecule has 0 aliphatic carbocycles. The van der Waals surface area contributed by atoms with Gasteiger partial charge in [-0.3, -0.25) is 4.79 Å². The van der Waals surface area contributed by atoms with Crippen LogP contribution in [-0.4, -0.2) is 22.8 Å². The van der Waals surface area contributed by atoms with Crippen molar-refractivity contribution in [3.05, 3.63) is 63.1 Å². The van der Waals surface area contributed by atoms with Gasteiger partial charge in [0.2, 0.25) is 0 Å².